The molecule has 1 saturated carbocycles. The fourth-order valence-electron chi connectivity index (χ4n) is 3.98. The van der Waals surface area contributed by atoms with Gasteiger partial charge in [0, 0.05) is 23.6 Å². The molecule has 2 N–H and O–H groups in total. The zero-order chi connectivity index (χ0) is 19.7. The Labute approximate surface area is 164 Å². The standard InChI is InChI=1S/C22H25N3O3/c1-13-19(14(2)28-25-13)7-8-21(27)24-22(16-10-18(26)11-16)17-9-15-5-3-4-6-20(15)23-12-17/h3-6,9,12,16,18,22,26H,7-8,10-11H2,1-2H3,(H,24,27)/t16?,18?,22-/m1/s1. The van der Waals surface area contributed by atoms with Crippen LogP contribution in [0.3, 0.4) is 0 Å². The number of rotatable bonds is 6. The Kier molecular flexibility index (Phi) is 5.13. The molecule has 2 heterocycles. The summed E-state index contributed by atoms with van der Waals surface area (Å²) < 4.78 is 5.18. The van der Waals surface area contributed by atoms with Gasteiger partial charge >= 0.3 is 0 Å². The van der Waals surface area contributed by atoms with Crippen LogP contribution in [0.4, 0.5) is 0 Å². The van der Waals surface area contributed by atoms with E-state index in [1.54, 1.807) is 0 Å². The number of aromatic nitrogens is 2. The van der Waals surface area contributed by atoms with Crippen molar-refractivity contribution in [2.24, 2.45) is 5.92 Å². The van der Waals surface area contributed by atoms with Gasteiger partial charge in [0.25, 0.3) is 0 Å². The number of amides is 1. The number of fused-ring (bicyclic) bond motifs is 1. The summed E-state index contributed by atoms with van der Waals surface area (Å²) in [7, 11) is 0. The van der Waals surface area contributed by atoms with Crippen LogP contribution in [0.1, 0.15) is 47.9 Å². The number of aliphatic hydroxyl groups excluding tert-OH is 1. The predicted octanol–water partition coefficient (Wildman–Crippen LogP) is 3.40. The zero-order valence-corrected chi connectivity index (χ0v) is 16.2. The molecule has 28 heavy (non-hydrogen) atoms. The molecule has 0 bridgehead atoms. The molecule has 1 aliphatic carbocycles. The van der Waals surface area contributed by atoms with E-state index in [9.17, 15) is 9.90 Å². The molecule has 0 radical (unpaired) electrons. The summed E-state index contributed by atoms with van der Waals surface area (Å²) >= 11 is 0. The number of carbonyl (C=O) groups excluding carboxylic acids is 1. The second-order valence-corrected chi connectivity index (χ2v) is 7.69. The van der Waals surface area contributed by atoms with Gasteiger partial charge in [0.1, 0.15) is 5.76 Å². The van der Waals surface area contributed by atoms with Crippen molar-refractivity contribution in [3.8, 4) is 0 Å². The average Bonchev–Trinajstić information content (AvgIpc) is 2.99. The van der Waals surface area contributed by atoms with Crippen LogP contribution in [0.25, 0.3) is 10.9 Å². The number of benzene rings is 1. The number of pyridine rings is 1. The minimum Gasteiger partial charge on any atom is -0.393 e. The van der Waals surface area contributed by atoms with Gasteiger partial charge in [-0.05, 0) is 56.7 Å². The van der Waals surface area contributed by atoms with Crippen molar-refractivity contribution < 1.29 is 14.4 Å². The van der Waals surface area contributed by atoms with Crippen molar-refractivity contribution in [3.05, 3.63) is 59.1 Å². The molecule has 2 aromatic heterocycles. The van der Waals surface area contributed by atoms with Crippen LogP contribution in [0.5, 0.6) is 0 Å². The van der Waals surface area contributed by atoms with E-state index >= 15 is 0 Å². The molecule has 6 heteroatoms. The lowest BCUT2D eigenvalue weighted by Gasteiger charge is -2.38. The van der Waals surface area contributed by atoms with E-state index < -0.39 is 0 Å². The van der Waals surface area contributed by atoms with E-state index in [-0.39, 0.29) is 24.0 Å². The fraction of sp³-hybridized carbons (Fsp3) is 0.409. The smallest absolute Gasteiger partial charge is 0.220 e. The van der Waals surface area contributed by atoms with E-state index in [2.05, 4.69) is 21.5 Å². The van der Waals surface area contributed by atoms with Crippen LogP contribution in [0.2, 0.25) is 0 Å². The van der Waals surface area contributed by atoms with Crippen LogP contribution in [0, 0.1) is 19.8 Å². The van der Waals surface area contributed by atoms with E-state index in [1.165, 1.54) is 0 Å². The number of nitrogens with one attached hydrogen (secondary N) is 1. The fourth-order valence-corrected chi connectivity index (χ4v) is 3.98. The molecule has 1 amide bonds. The molecule has 4 rings (SSSR count). The Morgan fingerprint density at radius 2 is 2.11 bits per heavy atom. The Bertz CT molecular complexity index is 972. The third-order valence-electron chi connectivity index (χ3n) is 5.69. The number of para-hydroxylation sites is 1. The molecule has 1 aromatic carbocycles. The van der Waals surface area contributed by atoms with Crippen LogP contribution in [-0.4, -0.2) is 27.3 Å². The maximum atomic E-state index is 12.7. The van der Waals surface area contributed by atoms with Gasteiger partial charge < -0.3 is 14.9 Å². The highest BCUT2D eigenvalue weighted by Crippen LogP contribution is 2.38. The van der Waals surface area contributed by atoms with Crippen molar-refractivity contribution >= 4 is 16.8 Å². The maximum Gasteiger partial charge on any atom is 0.220 e. The number of aryl methyl sites for hydroxylation is 2. The highest BCUT2D eigenvalue weighted by molar-refractivity contribution is 5.80. The van der Waals surface area contributed by atoms with Crippen molar-refractivity contribution in [2.75, 3.05) is 0 Å². The SMILES string of the molecule is Cc1noc(C)c1CCC(=O)N[C@@H](c1cnc2ccccc2c1)C1CC(O)C1. The first-order valence-electron chi connectivity index (χ1n) is 9.75. The van der Waals surface area contributed by atoms with E-state index in [0.717, 1.165) is 33.5 Å². The number of hydrogen-bond acceptors (Lipinski definition) is 5. The van der Waals surface area contributed by atoms with E-state index in [1.807, 2.05) is 44.3 Å². The lowest BCUT2D eigenvalue weighted by Crippen LogP contribution is -2.41. The van der Waals surface area contributed by atoms with Gasteiger partial charge in [-0.25, -0.2) is 0 Å². The van der Waals surface area contributed by atoms with Crippen molar-refractivity contribution in [1.29, 1.82) is 0 Å². The Balaban J connectivity index is 1.50. The minimum atomic E-state index is -0.278. The second kappa shape index (κ2) is 7.72. The molecule has 0 unspecified atom stereocenters. The molecule has 3 aromatic rings. The largest absolute Gasteiger partial charge is 0.393 e. The van der Waals surface area contributed by atoms with E-state index in [4.69, 9.17) is 4.52 Å². The monoisotopic (exact) mass is 379 g/mol. The van der Waals surface area contributed by atoms with Gasteiger partial charge in [-0.15, -0.1) is 0 Å². The highest BCUT2D eigenvalue weighted by atomic mass is 16.5. The zero-order valence-electron chi connectivity index (χ0n) is 16.2. The quantitative estimate of drug-likeness (QED) is 0.685. The first kappa shape index (κ1) is 18.6. The van der Waals surface area contributed by atoms with Gasteiger partial charge in [0.15, 0.2) is 0 Å². The van der Waals surface area contributed by atoms with Crippen LogP contribution < -0.4 is 5.32 Å². The Hall–Kier alpha value is -2.73. The summed E-state index contributed by atoms with van der Waals surface area (Å²) in [5, 5.41) is 17.9. The third-order valence-corrected chi connectivity index (χ3v) is 5.69. The lowest BCUT2D eigenvalue weighted by molar-refractivity contribution is -0.123. The average molecular weight is 379 g/mol. The summed E-state index contributed by atoms with van der Waals surface area (Å²) in [6, 6.07) is 9.90. The molecule has 1 fully saturated rings. The molecule has 146 valence electrons. The van der Waals surface area contributed by atoms with Crippen LogP contribution in [0.15, 0.2) is 41.1 Å². The first-order chi connectivity index (χ1) is 13.5. The number of carbonyl (C=O) groups is 1. The molecule has 1 atom stereocenters. The summed E-state index contributed by atoms with van der Waals surface area (Å²) in [5.74, 6) is 0.975. The normalized spacial score (nSPS) is 20.0. The number of aliphatic hydroxyl groups is 1. The van der Waals surface area contributed by atoms with Gasteiger partial charge in [-0.1, -0.05) is 23.4 Å². The van der Waals surface area contributed by atoms with Crippen molar-refractivity contribution in [3.63, 3.8) is 0 Å². The van der Waals surface area contributed by atoms with E-state index in [0.29, 0.717) is 25.7 Å². The molecule has 0 aliphatic heterocycles. The molecular formula is C22H25N3O3. The molecular weight excluding hydrogens is 354 g/mol. The second-order valence-electron chi connectivity index (χ2n) is 7.69. The molecule has 1 aliphatic rings. The number of hydrogen-bond donors (Lipinski definition) is 2. The van der Waals surface area contributed by atoms with Crippen molar-refractivity contribution in [2.45, 2.75) is 51.7 Å². The lowest BCUT2D eigenvalue weighted by atomic mass is 9.75. The first-order valence-corrected chi connectivity index (χ1v) is 9.75. The Morgan fingerprint density at radius 1 is 1.32 bits per heavy atom. The minimum absolute atomic E-state index is 0.0143. The van der Waals surface area contributed by atoms with Crippen LogP contribution in [-0.2, 0) is 11.2 Å². The van der Waals surface area contributed by atoms with Gasteiger partial charge in [-0.3, -0.25) is 9.78 Å². The molecule has 6 nitrogen and oxygen atoms in total. The summed E-state index contributed by atoms with van der Waals surface area (Å²) in [6.07, 6.45) is 3.92. The number of nitrogens with zero attached hydrogens (tertiary/aromatic N) is 2. The third kappa shape index (κ3) is 3.78. The maximum absolute atomic E-state index is 12.7. The predicted molar refractivity (Wildman–Crippen MR) is 106 cm³/mol. The molecule has 0 saturated heterocycles. The summed E-state index contributed by atoms with van der Waals surface area (Å²) in [4.78, 5) is 17.2. The summed E-state index contributed by atoms with van der Waals surface area (Å²) in [5.41, 5.74) is 3.76. The molecule has 0 spiro atoms. The van der Waals surface area contributed by atoms with Crippen molar-refractivity contribution in [1.82, 2.24) is 15.5 Å². The summed E-state index contributed by atoms with van der Waals surface area (Å²) in [6.45, 7) is 3.76. The van der Waals surface area contributed by atoms with Crippen LogP contribution >= 0.6 is 0 Å². The highest BCUT2D eigenvalue weighted by Gasteiger charge is 2.35. The van der Waals surface area contributed by atoms with Gasteiger partial charge in [0.05, 0.1) is 23.4 Å². The topological polar surface area (TPSA) is 88.3 Å². The van der Waals surface area contributed by atoms with Gasteiger partial charge in [-0.2, -0.15) is 0 Å². The Morgan fingerprint density at radius 3 is 2.82 bits per heavy atom. The van der Waals surface area contributed by atoms with Gasteiger partial charge in [0.2, 0.25) is 5.91 Å².